The van der Waals surface area contributed by atoms with E-state index in [-0.39, 0.29) is 0 Å². The van der Waals surface area contributed by atoms with Gasteiger partial charge in [0.05, 0.1) is 0 Å². The lowest BCUT2D eigenvalue weighted by Crippen LogP contribution is -2.56. The quantitative estimate of drug-likeness (QED) is 0.633. The van der Waals surface area contributed by atoms with Gasteiger partial charge in [-0.3, -0.25) is 0 Å². The number of nitrogens with one attached hydrogen (secondary N) is 1. The van der Waals surface area contributed by atoms with Crippen molar-refractivity contribution in [1.29, 1.82) is 0 Å². The first-order chi connectivity index (χ1) is 4.83. The minimum Gasteiger partial charge on any atom is -0.311 e. The van der Waals surface area contributed by atoms with Crippen LogP contribution in [0, 0.1) is 0 Å². The van der Waals surface area contributed by atoms with Crippen LogP contribution >= 0.6 is 0 Å². The lowest BCUT2D eigenvalue weighted by molar-refractivity contribution is 0.180. The Hall–Kier alpha value is -0.0400. The molecule has 0 bridgehead atoms. The van der Waals surface area contributed by atoms with Crippen LogP contribution in [-0.4, -0.2) is 12.1 Å². The van der Waals surface area contributed by atoms with E-state index >= 15 is 0 Å². The van der Waals surface area contributed by atoms with Crippen LogP contribution in [0.5, 0.6) is 0 Å². The van der Waals surface area contributed by atoms with Gasteiger partial charge in [0.2, 0.25) is 0 Å². The molecule has 1 N–H and O–H groups in total. The summed E-state index contributed by atoms with van der Waals surface area (Å²) in [4.78, 5) is 0. The summed E-state index contributed by atoms with van der Waals surface area (Å²) in [5.74, 6) is 0. The summed E-state index contributed by atoms with van der Waals surface area (Å²) in [6, 6.07) is 0. The molecule has 1 fully saturated rings. The average molecular weight is 141 g/mol. The first-order valence-corrected chi connectivity index (χ1v) is 4.58. The van der Waals surface area contributed by atoms with Gasteiger partial charge >= 0.3 is 0 Å². The van der Waals surface area contributed by atoms with E-state index in [1.54, 1.807) is 0 Å². The van der Waals surface area contributed by atoms with E-state index in [1.807, 2.05) is 0 Å². The van der Waals surface area contributed by atoms with Crippen LogP contribution in [0.25, 0.3) is 0 Å². The Morgan fingerprint density at radius 3 is 2.40 bits per heavy atom. The molecule has 10 heavy (non-hydrogen) atoms. The summed E-state index contributed by atoms with van der Waals surface area (Å²) in [5.41, 5.74) is 0.565. The van der Waals surface area contributed by atoms with E-state index in [1.165, 1.54) is 38.6 Å². The van der Waals surface area contributed by atoms with Gasteiger partial charge in [0.25, 0.3) is 0 Å². The first kappa shape index (κ1) is 8.06. The maximum absolute atomic E-state index is 3.54. The second-order valence-corrected chi connectivity index (χ2v) is 3.41. The molecule has 1 heterocycles. The average Bonchev–Trinajstić information content (AvgIpc) is 1.87. The van der Waals surface area contributed by atoms with Gasteiger partial charge in [-0.2, -0.15) is 0 Å². The highest BCUT2D eigenvalue weighted by atomic mass is 15.0. The Morgan fingerprint density at radius 1 is 1.40 bits per heavy atom. The van der Waals surface area contributed by atoms with Crippen molar-refractivity contribution < 1.29 is 0 Å². The van der Waals surface area contributed by atoms with Crippen LogP contribution in [0.15, 0.2) is 0 Å². The highest BCUT2D eigenvalue weighted by Gasteiger charge is 2.32. The molecule has 1 aliphatic rings. The lowest BCUT2D eigenvalue weighted by atomic mass is 9.81. The monoisotopic (exact) mass is 141 g/mol. The largest absolute Gasteiger partial charge is 0.311 e. The van der Waals surface area contributed by atoms with Crippen LogP contribution < -0.4 is 5.32 Å². The van der Waals surface area contributed by atoms with Crippen molar-refractivity contribution in [2.45, 2.75) is 51.5 Å². The van der Waals surface area contributed by atoms with Crippen molar-refractivity contribution in [3.05, 3.63) is 0 Å². The normalized spacial score (nSPS) is 31.8. The Bertz CT molecular complexity index is 89.4. The fraction of sp³-hybridized carbons (Fsp3) is 1.00. The predicted octanol–water partition coefficient (Wildman–Crippen LogP) is 2.32. The van der Waals surface area contributed by atoms with Gasteiger partial charge in [0, 0.05) is 5.54 Å². The summed E-state index contributed by atoms with van der Waals surface area (Å²) >= 11 is 0. The van der Waals surface area contributed by atoms with E-state index in [9.17, 15) is 0 Å². The number of hydrogen-bond acceptors (Lipinski definition) is 1. The first-order valence-electron chi connectivity index (χ1n) is 4.58. The SMILES string of the molecule is CCCCC1(CC)CCN1. The minimum atomic E-state index is 0.565. The van der Waals surface area contributed by atoms with Gasteiger partial charge in [0.1, 0.15) is 0 Å². The molecule has 1 heteroatoms. The third-order valence-electron chi connectivity index (χ3n) is 2.79. The number of hydrogen-bond donors (Lipinski definition) is 1. The molecule has 0 saturated carbocycles. The lowest BCUT2D eigenvalue weighted by Gasteiger charge is -2.43. The molecule has 60 valence electrons. The Kier molecular flexibility index (Phi) is 2.72. The molecule has 0 aromatic carbocycles. The van der Waals surface area contributed by atoms with Crippen molar-refractivity contribution in [2.75, 3.05) is 6.54 Å². The molecule has 0 amide bonds. The maximum Gasteiger partial charge on any atom is 0.0191 e. The van der Waals surface area contributed by atoms with E-state index in [0.29, 0.717) is 5.54 Å². The molecule has 0 aromatic heterocycles. The van der Waals surface area contributed by atoms with Crippen molar-refractivity contribution in [3.8, 4) is 0 Å². The van der Waals surface area contributed by atoms with Crippen molar-refractivity contribution in [2.24, 2.45) is 0 Å². The highest BCUT2D eigenvalue weighted by molar-refractivity contribution is 4.94. The zero-order valence-corrected chi connectivity index (χ0v) is 7.24. The second-order valence-electron chi connectivity index (χ2n) is 3.41. The fourth-order valence-electron chi connectivity index (χ4n) is 1.69. The second kappa shape index (κ2) is 3.38. The van der Waals surface area contributed by atoms with E-state index in [4.69, 9.17) is 0 Å². The number of unbranched alkanes of at least 4 members (excludes halogenated alkanes) is 1. The third kappa shape index (κ3) is 1.51. The summed E-state index contributed by atoms with van der Waals surface area (Å²) in [6.07, 6.45) is 6.83. The Labute approximate surface area is 64.2 Å². The zero-order valence-electron chi connectivity index (χ0n) is 7.24. The molecule has 0 spiro atoms. The van der Waals surface area contributed by atoms with Crippen LogP contribution in [0.1, 0.15) is 46.0 Å². The smallest absolute Gasteiger partial charge is 0.0191 e. The third-order valence-corrected chi connectivity index (χ3v) is 2.79. The zero-order chi connectivity index (χ0) is 7.45. The van der Waals surface area contributed by atoms with Crippen LogP contribution in [0.4, 0.5) is 0 Å². The molecular formula is C9H19N. The predicted molar refractivity (Wildman–Crippen MR) is 45.2 cm³/mol. The molecule has 1 saturated heterocycles. The van der Waals surface area contributed by atoms with Gasteiger partial charge in [0.15, 0.2) is 0 Å². The molecule has 1 atom stereocenters. The van der Waals surface area contributed by atoms with E-state index in [0.717, 1.165) is 0 Å². The molecule has 0 radical (unpaired) electrons. The molecule has 0 aromatic rings. The molecular weight excluding hydrogens is 122 g/mol. The fourth-order valence-corrected chi connectivity index (χ4v) is 1.69. The van der Waals surface area contributed by atoms with Crippen LogP contribution in [0.3, 0.4) is 0 Å². The van der Waals surface area contributed by atoms with Gasteiger partial charge in [-0.15, -0.1) is 0 Å². The maximum atomic E-state index is 3.54. The molecule has 0 aliphatic carbocycles. The van der Waals surface area contributed by atoms with E-state index < -0.39 is 0 Å². The summed E-state index contributed by atoms with van der Waals surface area (Å²) in [6.45, 7) is 5.81. The van der Waals surface area contributed by atoms with Crippen molar-refractivity contribution >= 4 is 0 Å². The van der Waals surface area contributed by atoms with Gasteiger partial charge in [-0.25, -0.2) is 0 Å². The highest BCUT2D eigenvalue weighted by Crippen LogP contribution is 2.28. The standard InChI is InChI=1S/C9H19N/c1-3-5-6-9(4-2)7-8-10-9/h10H,3-8H2,1-2H3. The summed E-state index contributed by atoms with van der Waals surface area (Å²) in [5, 5.41) is 3.54. The van der Waals surface area contributed by atoms with Crippen LogP contribution in [-0.2, 0) is 0 Å². The molecule has 1 nitrogen and oxygen atoms in total. The molecule has 1 aliphatic heterocycles. The minimum absolute atomic E-state index is 0.565. The van der Waals surface area contributed by atoms with Crippen molar-refractivity contribution in [1.82, 2.24) is 5.32 Å². The van der Waals surface area contributed by atoms with Crippen molar-refractivity contribution in [3.63, 3.8) is 0 Å². The Morgan fingerprint density at radius 2 is 2.10 bits per heavy atom. The van der Waals surface area contributed by atoms with Gasteiger partial charge in [-0.05, 0) is 25.8 Å². The molecule has 1 rings (SSSR count). The summed E-state index contributed by atoms with van der Waals surface area (Å²) < 4.78 is 0. The van der Waals surface area contributed by atoms with Gasteiger partial charge in [-0.1, -0.05) is 26.7 Å². The topological polar surface area (TPSA) is 12.0 Å². The van der Waals surface area contributed by atoms with Crippen LogP contribution in [0.2, 0.25) is 0 Å². The molecule has 1 unspecified atom stereocenters. The number of rotatable bonds is 4. The van der Waals surface area contributed by atoms with Gasteiger partial charge < -0.3 is 5.32 Å². The Balaban J connectivity index is 2.20. The van der Waals surface area contributed by atoms with E-state index in [2.05, 4.69) is 19.2 Å². The summed E-state index contributed by atoms with van der Waals surface area (Å²) in [7, 11) is 0.